The van der Waals surface area contributed by atoms with E-state index in [1.165, 1.54) is 0 Å². The highest BCUT2D eigenvalue weighted by molar-refractivity contribution is 5.45. The molecule has 5 heteroatoms. The zero-order valence-corrected chi connectivity index (χ0v) is 14.8. The average Bonchev–Trinajstić information content (AvgIpc) is 2.68. The molecule has 0 fully saturated rings. The van der Waals surface area contributed by atoms with Crippen LogP contribution in [0.3, 0.4) is 0 Å². The number of pyridine rings is 1. The number of anilines is 2. The van der Waals surface area contributed by atoms with Gasteiger partial charge in [0.2, 0.25) is 0 Å². The summed E-state index contributed by atoms with van der Waals surface area (Å²) in [6.45, 7) is 3.67. The van der Waals surface area contributed by atoms with Gasteiger partial charge in [0.05, 0.1) is 6.61 Å². The first-order valence-electron chi connectivity index (χ1n) is 8.62. The maximum absolute atomic E-state index is 5.93. The molecule has 0 bridgehead atoms. The molecule has 0 aliphatic carbocycles. The van der Waals surface area contributed by atoms with Crippen LogP contribution >= 0.6 is 0 Å². The summed E-state index contributed by atoms with van der Waals surface area (Å²) in [5.41, 5.74) is 8.61. The normalized spacial score (nSPS) is 10.3. The molecular weight excluding hydrogens is 326 g/mol. The molecule has 0 atom stereocenters. The topological polar surface area (TPSA) is 69.4 Å². The number of hydrogen-bond donors (Lipinski definition) is 2. The van der Waals surface area contributed by atoms with Gasteiger partial charge < -0.3 is 20.5 Å². The third-order valence-electron chi connectivity index (χ3n) is 3.82. The lowest BCUT2D eigenvalue weighted by Gasteiger charge is -2.14. The van der Waals surface area contributed by atoms with E-state index in [9.17, 15) is 0 Å². The van der Waals surface area contributed by atoms with Crippen LogP contribution in [-0.2, 0) is 13.2 Å². The highest BCUT2D eigenvalue weighted by atomic mass is 16.5. The van der Waals surface area contributed by atoms with Gasteiger partial charge in [0.1, 0.15) is 12.4 Å². The minimum Gasteiger partial charge on any atom is -0.490 e. The fraction of sp³-hybridized carbons (Fsp3) is 0.190. The lowest BCUT2D eigenvalue weighted by atomic mass is 10.2. The number of benzene rings is 2. The van der Waals surface area contributed by atoms with Crippen molar-refractivity contribution in [1.29, 1.82) is 0 Å². The van der Waals surface area contributed by atoms with Crippen LogP contribution in [0.15, 0.2) is 66.9 Å². The minimum atomic E-state index is 0.464. The molecule has 3 rings (SSSR count). The molecular formula is C21H23N3O2. The van der Waals surface area contributed by atoms with Crippen molar-refractivity contribution in [2.75, 3.05) is 17.7 Å². The van der Waals surface area contributed by atoms with Gasteiger partial charge in [-0.1, -0.05) is 24.3 Å². The molecule has 1 aromatic heterocycles. The van der Waals surface area contributed by atoms with Crippen molar-refractivity contribution in [3.05, 3.63) is 78.0 Å². The van der Waals surface area contributed by atoms with E-state index < -0.39 is 0 Å². The molecule has 0 aliphatic rings. The molecule has 134 valence electrons. The second kappa shape index (κ2) is 8.76. The molecule has 3 aromatic rings. The summed E-state index contributed by atoms with van der Waals surface area (Å²) in [5, 5.41) is 3.29. The molecule has 0 saturated heterocycles. The van der Waals surface area contributed by atoms with E-state index in [1.807, 2.05) is 67.6 Å². The van der Waals surface area contributed by atoms with E-state index in [0.717, 1.165) is 34.1 Å². The highest BCUT2D eigenvalue weighted by Gasteiger charge is 2.07. The fourth-order valence-electron chi connectivity index (χ4n) is 2.48. The zero-order chi connectivity index (χ0) is 18.2. The monoisotopic (exact) mass is 349 g/mol. The van der Waals surface area contributed by atoms with Crippen molar-refractivity contribution in [3.8, 4) is 11.5 Å². The lowest BCUT2D eigenvalue weighted by Crippen LogP contribution is -2.03. The smallest absolute Gasteiger partial charge is 0.161 e. The third-order valence-corrected chi connectivity index (χ3v) is 3.82. The largest absolute Gasteiger partial charge is 0.490 e. The summed E-state index contributed by atoms with van der Waals surface area (Å²) in [6, 6.07) is 19.4. The van der Waals surface area contributed by atoms with E-state index in [-0.39, 0.29) is 0 Å². The summed E-state index contributed by atoms with van der Waals surface area (Å²) in [5.74, 6) is 2.31. The molecule has 0 aliphatic heterocycles. The first-order chi connectivity index (χ1) is 12.7. The van der Waals surface area contributed by atoms with Crippen LogP contribution in [0.4, 0.5) is 11.5 Å². The fourth-order valence-corrected chi connectivity index (χ4v) is 2.48. The number of nitrogens with zero attached hydrogens (tertiary/aromatic N) is 1. The molecule has 26 heavy (non-hydrogen) atoms. The van der Waals surface area contributed by atoms with Crippen molar-refractivity contribution in [3.63, 3.8) is 0 Å². The number of hydrogen-bond acceptors (Lipinski definition) is 5. The van der Waals surface area contributed by atoms with Gasteiger partial charge in [0.25, 0.3) is 0 Å². The Labute approximate surface area is 153 Å². The number of nitrogens with one attached hydrogen (secondary N) is 1. The Balaban J connectivity index is 1.66. The van der Waals surface area contributed by atoms with Crippen molar-refractivity contribution in [2.45, 2.75) is 20.1 Å². The van der Waals surface area contributed by atoms with Crippen LogP contribution in [0.1, 0.15) is 18.1 Å². The van der Waals surface area contributed by atoms with Gasteiger partial charge in [-0.15, -0.1) is 0 Å². The molecule has 0 spiro atoms. The number of rotatable bonds is 8. The van der Waals surface area contributed by atoms with Crippen LogP contribution in [0.25, 0.3) is 0 Å². The van der Waals surface area contributed by atoms with E-state index >= 15 is 0 Å². The van der Waals surface area contributed by atoms with Gasteiger partial charge in [-0.3, -0.25) is 0 Å². The Bertz CT molecular complexity index is 820. The predicted molar refractivity (Wildman–Crippen MR) is 104 cm³/mol. The molecule has 2 aromatic carbocycles. The molecule has 0 amide bonds. The van der Waals surface area contributed by atoms with Crippen LogP contribution in [-0.4, -0.2) is 11.6 Å². The van der Waals surface area contributed by atoms with Crippen molar-refractivity contribution in [2.24, 2.45) is 0 Å². The summed E-state index contributed by atoms with van der Waals surface area (Å²) in [7, 11) is 0. The summed E-state index contributed by atoms with van der Waals surface area (Å²) < 4.78 is 11.7. The highest BCUT2D eigenvalue weighted by Crippen LogP contribution is 2.29. The molecule has 0 saturated carbocycles. The summed E-state index contributed by atoms with van der Waals surface area (Å²) in [4.78, 5) is 4.26. The molecule has 0 radical (unpaired) electrons. The molecule has 3 N–H and O–H groups in total. The zero-order valence-electron chi connectivity index (χ0n) is 14.8. The first kappa shape index (κ1) is 17.6. The lowest BCUT2D eigenvalue weighted by molar-refractivity contribution is 0.269. The Hall–Kier alpha value is -3.21. The van der Waals surface area contributed by atoms with Gasteiger partial charge in [0, 0.05) is 18.4 Å². The van der Waals surface area contributed by atoms with Gasteiger partial charge in [0.15, 0.2) is 11.5 Å². The Kier molecular flexibility index (Phi) is 5.93. The van der Waals surface area contributed by atoms with Crippen molar-refractivity contribution >= 4 is 11.5 Å². The van der Waals surface area contributed by atoms with Crippen LogP contribution in [0.5, 0.6) is 11.5 Å². The quantitative estimate of drug-likeness (QED) is 0.595. The Morgan fingerprint density at radius 3 is 2.46 bits per heavy atom. The van der Waals surface area contributed by atoms with Gasteiger partial charge >= 0.3 is 0 Å². The van der Waals surface area contributed by atoms with E-state index in [0.29, 0.717) is 19.8 Å². The van der Waals surface area contributed by atoms with Gasteiger partial charge in [-0.2, -0.15) is 0 Å². The third kappa shape index (κ3) is 4.89. The molecule has 5 nitrogen and oxygen atoms in total. The average molecular weight is 349 g/mol. The van der Waals surface area contributed by atoms with E-state index in [1.54, 1.807) is 6.20 Å². The second-order valence-electron chi connectivity index (χ2n) is 5.81. The van der Waals surface area contributed by atoms with Crippen LogP contribution in [0, 0.1) is 0 Å². The predicted octanol–water partition coefficient (Wildman–Crippen LogP) is 4.25. The number of ether oxygens (including phenoxy) is 2. The second-order valence-corrected chi connectivity index (χ2v) is 5.81. The van der Waals surface area contributed by atoms with Crippen LogP contribution in [0.2, 0.25) is 0 Å². The Morgan fingerprint density at radius 1 is 0.923 bits per heavy atom. The van der Waals surface area contributed by atoms with E-state index in [4.69, 9.17) is 15.2 Å². The molecule has 1 heterocycles. The maximum atomic E-state index is 5.93. The van der Waals surface area contributed by atoms with Crippen molar-refractivity contribution < 1.29 is 9.47 Å². The SMILES string of the molecule is CCOc1cc(CNc2ccccn2)ccc1OCc1ccc(N)cc1. The summed E-state index contributed by atoms with van der Waals surface area (Å²) in [6.07, 6.45) is 1.77. The number of nitrogen functional groups attached to an aromatic ring is 1. The minimum absolute atomic E-state index is 0.464. The molecule has 0 unspecified atom stereocenters. The Morgan fingerprint density at radius 2 is 1.73 bits per heavy atom. The van der Waals surface area contributed by atoms with Gasteiger partial charge in [-0.05, 0) is 54.4 Å². The van der Waals surface area contributed by atoms with E-state index in [2.05, 4.69) is 10.3 Å². The van der Waals surface area contributed by atoms with Crippen molar-refractivity contribution in [1.82, 2.24) is 4.98 Å². The first-order valence-corrected chi connectivity index (χ1v) is 8.62. The van der Waals surface area contributed by atoms with Crippen LogP contribution < -0.4 is 20.5 Å². The summed E-state index contributed by atoms with van der Waals surface area (Å²) >= 11 is 0. The number of nitrogens with two attached hydrogens (primary N) is 1. The van der Waals surface area contributed by atoms with Gasteiger partial charge in [-0.25, -0.2) is 4.98 Å². The maximum Gasteiger partial charge on any atom is 0.161 e. The number of aromatic nitrogens is 1. The standard InChI is InChI=1S/C21H23N3O2/c1-2-25-20-13-17(14-24-21-5-3-4-12-23-21)8-11-19(20)26-15-16-6-9-18(22)10-7-16/h3-13H,2,14-15,22H2,1H3,(H,23,24).